The van der Waals surface area contributed by atoms with Gasteiger partial charge in [0.25, 0.3) is 5.91 Å². The molecule has 2 heterocycles. The summed E-state index contributed by atoms with van der Waals surface area (Å²) >= 11 is 3.39. The second kappa shape index (κ2) is 5.75. The minimum atomic E-state index is -0.206. The molecular formula is C14H17BrN4O. The number of aryl methyl sites for hydroxylation is 3. The maximum atomic E-state index is 12.1. The lowest BCUT2D eigenvalue weighted by molar-refractivity contribution is 0.0944. The molecule has 0 saturated carbocycles. The van der Waals surface area contributed by atoms with E-state index in [9.17, 15) is 4.79 Å². The van der Waals surface area contributed by atoms with Gasteiger partial charge >= 0.3 is 0 Å². The molecular weight excluding hydrogens is 320 g/mol. The number of hydrogen-bond acceptors (Lipinski definition) is 3. The Morgan fingerprint density at radius 3 is 2.65 bits per heavy atom. The van der Waals surface area contributed by atoms with E-state index in [1.807, 2.05) is 27.8 Å². The van der Waals surface area contributed by atoms with E-state index in [2.05, 4.69) is 37.4 Å². The summed E-state index contributed by atoms with van der Waals surface area (Å²) in [5, 5.41) is 7.05. The molecule has 2 aromatic heterocycles. The highest BCUT2D eigenvalue weighted by molar-refractivity contribution is 9.10. The smallest absolute Gasteiger partial charge is 0.273 e. The van der Waals surface area contributed by atoms with Crippen LogP contribution in [0.15, 0.2) is 16.7 Å². The van der Waals surface area contributed by atoms with Crippen molar-refractivity contribution in [1.29, 1.82) is 0 Å². The van der Waals surface area contributed by atoms with Crippen LogP contribution in [0.1, 0.15) is 33.0 Å². The van der Waals surface area contributed by atoms with Crippen molar-refractivity contribution in [3.63, 3.8) is 0 Å². The van der Waals surface area contributed by atoms with Gasteiger partial charge in [0.1, 0.15) is 0 Å². The summed E-state index contributed by atoms with van der Waals surface area (Å²) in [5.74, 6) is -0.206. The minimum absolute atomic E-state index is 0.206. The van der Waals surface area contributed by atoms with E-state index in [1.54, 1.807) is 10.9 Å². The fourth-order valence-corrected chi connectivity index (χ4v) is 2.42. The fraction of sp³-hybridized carbons (Fsp3) is 0.357. The number of amides is 1. The van der Waals surface area contributed by atoms with Crippen molar-refractivity contribution < 1.29 is 4.79 Å². The van der Waals surface area contributed by atoms with Gasteiger partial charge in [-0.1, -0.05) is 6.07 Å². The van der Waals surface area contributed by atoms with E-state index in [0.717, 1.165) is 27.0 Å². The zero-order valence-corrected chi connectivity index (χ0v) is 13.6. The molecule has 0 aliphatic rings. The first-order chi connectivity index (χ1) is 9.40. The molecule has 20 heavy (non-hydrogen) atoms. The molecule has 1 N–H and O–H groups in total. The van der Waals surface area contributed by atoms with Crippen LogP contribution in [0.2, 0.25) is 0 Å². The van der Waals surface area contributed by atoms with E-state index < -0.39 is 0 Å². The zero-order valence-electron chi connectivity index (χ0n) is 12.0. The number of hydrogen-bond donors (Lipinski definition) is 1. The summed E-state index contributed by atoms with van der Waals surface area (Å²) in [4.78, 5) is 16.5. The average Bonchev–Trinajstić information content (AvgIpc) is 2.65. The van der Waals surface area contributed by atoms with E-state index in [1.165, 1.54) is 0 Å². The van der Waals surface area contributed by atoms with E-state index in [-0.39, 0.29) is 5.91 Å². The molecule has 0 unspecified atom stereocenters. The van der Waals surface area contributed by atoms with Crippen LogP contribution >= 0.6 is 15.9 Å². The number of halogens is 1. The molecule has 106 valence electrons. The highest BCUT2D eigenvalue weighted by Crippen LogP contribution is 2.19. The third-order valence-corrected chi connectivity index (χ3v) is 4.17. The van der Waals surface area contributed by atoms with Gasteiger partial charge in [-0.3, -0.25) is 14.5 Å². The summed E-state index contributed by atoms with van der Waals surface area (Å²) in [7, 11) is 1.81. The molecule has 0 atom stereocenters. The van der Waals surface area contributed by atoms with Gasteiger partial charge in [0, 0.05) is 13.2 Å². The maximum Gasteiger partial charge on any atom is 0.273 e. The van der Waals surface area contributed by atoms with Gasteiger partial charge in [-0.25, -0.2) is 0 Å². The number of nitrogens with one attached hydrogen (secondary N) is 1. The van der Waals surface area contributed by atoms with Crippen LogP contribution in [0, 0.1) is 20.8 Å². The molecule has 0 aliphatic carbocycles. The Kier molecular flexibility index (Phi) is 4.23. The van der Waals surface area contributed by atoms with E-state index in [0.29, 0.717) is 12.2 Å². The summed E-state index contributed by atoms with van der Waals surface area (Å²) in [6.07, 6.45) is 1.80. The molecule has 0 saturated heterocycles. The second-order valence-electron chi connectivity index (χ2n) is 4.83. The van der Waals surface area contributed by atoms with Crippen molar-refractivity contribution in [3.05, 3.63) is 44.9 Å². The topological polar surface area (TPSA) is 59.8 Å². The summed E-state index contributed by atoms with van der Waals surface area (Å²) in [6, 6.07) is 2.05. The predicted octanol–water partition coefficient (Wildman–Crippen LogP) is 2.43. The molecule has 1 amide bonds. The van der Waals surface area contributed by atoms with Crippen LogP contribution < -0.4 is 5.32 Å². The lowest BCUT2D eigenvalue weighted by Gasteiger charge is -2.07. The van der Waals surface area contributed by atoms with Crippen molar-refractivity contribution in [1.82, 2.24) is 20.1 Å². The molecule has 6 heteroatoms. The van der Waals surface area contributed by atoms with E-state index >= 15 is 0 Å². The van der Waals surface area contributed by atoms with Gasteiger partial charge in [0.2, 0.25) is 0 Å². The molecule has 0 fully saturated rings. The molecule has 5 nitrogen and oxygen atoms in total. The monoisotopic (exact) mass is 336 g/mol. The van der Waals surface area contributed by atoms with Crippen molar-refractivity contribution in [2.45, 2.75) is 27.3 Å². The summed E-state index contributed by atoms with van der Waals surface area (Å²) < 4.78 is 2.40. The highest BCUT2D eigenvalue weighted by atomic mass is 79.9. The maximum absolute atomic E-state index is 12.1. The second-order valence-corrected chi connectivity index (χ2v) is 5.62. The first-order valence-electron chi connectivity index (χ1n) is 6.29. The van der Waals surface area contributed by atoms with Crippen LogP contribution in [0.5, 0.6) is 0 Å². The average molecular weight is 337 g/mol. The third-order valence-electron chi connectivity index (χ3n) is 3.22. The number of nitrogens with zero attached hydrogens (tertiary/aromatic N) is 3. The zero-order chi connectivity index (χ0) is 14.9. The van der Waals surface area contributed by atoms with Gasteiger partial charge in [-0.2, -0.15) is 5.10 Å². The highest BCUT2D eigenvalue weighted by Gasteiger charge is 2.17. The van der Waals surface area contributed by atoms with Gasteiger partial charge < -0.3 is 5.32 Å². The Balaban J connectivity index is 2.10. The number of rotatable bonds is 3. The Bertz CT molecular complexity index is 663. The minimum Gasteiger partial charge on any atom is -0.345 e. The van der Waals surface area contributed by atoms with Crippen LogP contribution in [0.3, 0.4) is 0 Å². The molecule has 0 aliphatic heterocycles. The fourth-order valence-electron chi connectivity index (χ4n) is 1.90. The van der Waals surface area contributed by atoms with Gasteiger partial charge in [0.05, 0.1) is 22.4 Å². The predicted molar refractivity (Wildman–Crippen MR) is 80.5 cm³/mol. The normalized spacial score (nSPS) is 10.7. The lowest BCUT2D eigenvalue weighted by atomic mass is 10.1. The molecule has 0 radical (unpaired) electrons. The number of carbonyl (C=O) groups is 1. The van der Waals surface area contributed by atoms with E-state index in [4.69, 9.17) is 0 Å². The van der Waals surface area contributed by atoms with Crippen LogP contribution in [-0.4, -0.2) is 20.7 Å². The first kappa shape index (κ1) is 14.7. The van der Waals surface area contributed by atoms with Crippen molar-refractivity contribution in [2.75, 3.05) is 0 Å². The Hall–Kier alpha value is -1.69. The number of carbonyl (C=O) groups excluding carboxylic acids is 1. The Labute approximate surface area is 126 Å². The van der Waals surface area contributed by atoms with Gasteiger partial charge in [0.15, 0.2) is 5.69 Å². The molecule has 0 spiro atoms. The molecule has 2 aromatic rings. The third kappa shape index (κ3) is 2.90. The molecule has 2 rings (SSSR count). The molecule has 0 bridgehead atoms. The summed E-state index contributed by atoms with van der Waals surface area (Å²) in [5.41, 5.74) is 4.37. The lowest BCUT2D eigenvalue weighted by Crippen LogP contribution is -2.24. The van der Waals surface area contributed by atoms with Crippen LogP contribution in [0.4, 0.5) is 0 Å². The first-order valence-corrected chi connectivity index (χ1v) is 7.09. The van der Waals surface area contributed by atoms with Crippen molar-refractivity contribution in [2.24, 2.45) is 7.05 Å². The number of aromatic nitrogens is 3. The van der Waals surface area contributed by atoms with Crippen LogP contribution in [-0.2, 0) is 13.6 Å². The van der Waals surface area contributed by atoms with Crippen LogP contribution in [0.25, 0.3) is 0 Å². The largest absolute Gasteiger partial charge is 0.345 e. The standard InChI is InChI=1S/C14H17BrN4O/c1-8-5-9(2)11(16-6-8)7-17-14(20)13-12(15)10(3)19(4)18-13/h5-6H,7H2,1-4H3,(H,17,20). The molecule has 0 aromatic carbocycles. The summed E-state index contributed by atoms with van der Waals surface area (Å²) in [6.45, 7) is 6.28. The van der Waals surface area contributed by atoms with Crippen molar-refractivity contribution in [3.8, 4) is 0 Å². The quantitative estimate of drug-likeness (QED) is 0.936. The van der Waals surface area contributed by atoms with Gasteiger partial charge in [-0.05, 0) is 47.8 Å². The Morgan fingerprint density at radius 1 is 1.40 bits per heavy atom. The van der Waals surface area contributed by atoms with Crippen molar-refractivity contribution >= 4 is 21.8 Å². The number of pyridine rings is 1. The van der Waals surface area contributed by atoms with Gasteiger partial charge in [-0.15, -0.1) is 0 Å². The SMILES string of the molecule is Cc1cnc(CNC(=O)c2nn(C)c(C)c2Br)c(C)c1. The Morgan fingerprint density at radius 2 is 2.10 bits per heavy atom.